The molecule has 12 heavy (non-hydrogen) atoms. The molecule has 0 spiro atoms. The van der Waals surface area contributed by atoms with Crippen LogP contribution in [0.5, 0.6) is 0 Å². The third-order valence-electron chi connectivity index (χ3n) is 2.05. The summed E-state index contributed by atoms with van der Waals surface area (Å²) in [4.78, 5) is 10.7. The molecule has 0 amide bonds. The molecule has 0 aromatic heterocycles. The summed E-state index contributed by atoms with van der Waals surface area (Å²) >= 11 is 1.48. The van der Waals surface area contributed by atoms with E-state index in [1.54, 1.807) is 6.92 Å². The van der Waals surface area contributed by atoms with Gasteiger partial charge in [0.05, 0.1) is 0 Å². The average Bonchev–Trinajstić information content (AvgIpc) is 1.93. The number of halogens is 1. The van der Waals surface area contributed by atoms with Gasteiger partial charge in [-0.3, -0.25) is 4.79 Å². The van der Waals surface area contributed by atoms with E-state index in [2.05, 4.69) is 0 Å². The molecule has 1 saturated carbocycles. The Balaban J connectivity index is 0.00000121. The van der Waals surface area contributed by atoms with E-state index < -0.39 is 0 Å². The van der Waals surface area contributed by atoms with Crippen molar-refractivity contribution in [1.82, 2.24) is 0 Å². The third-order valence-corrected chi connectivity index (χ3v) is 3.19. The Hall–Kier alpha value is 0.270. The molecule has 1 aliphatic rings. The van der Waals surface area contributed by atoms with Gasteiger partial charge in [-0.2, -0.15) is 0 Å². The highest BCUT2D eigenvalue weighted by Gasteiger charge is 2.19. The number of rotatable bonds is 1. The second kappa shape index (κ2) is 5.84. The summed E-state index contributed by atoms with van der Waals surface area (Å²) in [7, 11) is 0. The van der Waals surface area contributed by atoms with E-state index >= 15 is 0 Å². The van der Waals surface area contributed by atoms with Crippen molar-refractivity contribution in [3.05, 3.63) is 0 Å². The van der Waals surface area contributed by atoms with E-state index in [9.17, 15) is 4.79 Å². The molecule has 0 unspecified atom stereocenters. The fourth-order valence-corrected chi connectivity index (χ4v) is 2.42. The van der Waals surface area contributed by atoms with Gasteiger partial charge in [0.2, 0.25) is 0 Å². The quantitative estimate of drug-likeness (QED) is 0.718. The SMILES string of the molecule is CC(=O)SC1CCC(N)CC1.Cl. The van der Waals surface area contributed by atoms with Gasteiger partial charge in [-0.25, -0.2) is 0 Å². The molecule has 0 heterocycles. The zero-order valence-corrected chi connectivity index (χ0v) is 8.92. The maximum atomic E-state index is 10.7. The van der Waals surface area contributed by atoms with E-state index in [0.29, 0.717) is 11.3 Å². The molecule has 4 heteroatoms. The van der Waals surface area contributed by atoms with Gasteiger partial charge in [-0.15, -0.1) is 12.4 Å². The van der Waals surface area contributed by atoms with Crippen LogP contribution < -0.4 is 5.73 Å². The van der Waals surface area contributed by atoms with Gasteiger partial charge in [-0.05, 0) is 25.7 Å². The minimum atomic E-state index is 0. The van der Waals surface area contributed by atoms with Crippen molar-refractivity contribution >= 4 is 29.3 Å². The van der Waals surface area contributed by atoms with Crippen molar-refractivity contribution in [2.75, 3.05) is 0 Å². The number of nitrogens with two attached hydrogens (primary N) is 1. The Bertz CT molecular complexity index is 146. The van der Waals surface area contributed by atoms with Gasteiger partial charge >= 0.3 is 0 Å². The maximum Gasteiger partial charge on any atom is 0.186 e. The number of hydrogen-bond donors (Lipinski definition) is 1. The van der Waals surface area contributed by atoms with E-state index in [1.165, 1.54) is 11.8 Å². The lowest BCUT2D eigenvalue weighted by molar-refractivity contribution is -0.109. The predicted molar refractivity (Wildman–Crippen MR) is 55.8 cm³/mol. The Morgan fingerprint density at radius 1 is 1.33 bits per heavy atom. The molecule has 1 fully saturated rings. The molecular weight excluding hydrogens is 194 g/mol. The van der Waals surface area contributed by atoms with Crippen LogP contribution in [0.2, 0.25) is 0 Å². The lowest BCUT2D eigenvalue weighted by Gasteiger charge is -2.24. The first kappa shape index (κ1) is 12.3. The first-order valence-electron chi connectivity index (χ1n) is 4.11. The second-order valence-electron chi connectivity index (χ2n) is 3.15. The van der Waals surface area contributed by atoms with Crippen LogP contribution in [0.15, 0.2) is 0 Å². The molecule has 0 saturated heterocycles. The maximum absolute atomic E-state index is 10.7. The first-order valence-corrected chi connectivity index (χ1v) is 4.99. The topological polar surface area (TPSA) is 43.1 Å². The van der Waals surface area contributed by atoms with Crippen molar-refractivity contribution in [2.45, 2.75) is 43.9 Å². The highest BCUT2D eigenvalue weighted by molar-refractivity contribution is 8.14. The zero-order chi connectivity index (χ0) is 8.27. The lowest BCUT2D eigenvalue weighted by Crippen LogP contribution is -2.27. The standard InChI is InChI=1S/C8H15NOS.ClH/c1-6(10)11-8-4-2-7(9)3-5-8;/h7-8H,2-5,9H2,1H3;1H. The summed E-state index contributed by atoms with van der Waals surface area (Å²) in [5.41, 5.74) is 5.73. The van der Waals surface area contributed by atoms with Crippen LogP contribution in [0.25, 0.3) is 0 Å². The van der Waals surface area contributed by atoms with Crippen molar-refractivity contribution < 1.29 is 4.79 Å². The van der Waals surface area contributed by atoms with Crippen molar-refractivity contribution in [3.8, 4) is 0 Å². The molecule has 0 aromatic rings. The number of carbonyl (C=O) groups is 1. The summed E-state index contributed by atoms with van der Waals surface area (Å²) < 4.78 is 0. The van der Waals surface area contributed by atoms with Gasteiger partial charge in [0.15, 0.2) is 5.12 Å². The highest BCUT2D eigenvalue weighted by Crippen LogP contribution is 2.27. The molecule has 1 aliphatic carbocycles. The monoisotopic (exact) mass is 209 g/mol. The summed E-state index contributed by atoms with van der Waals surface area (Å²) in [5.74, 6) is 0. The van der Waals surface area contributed by atoms with E-state index in [0.717, 1.165) is 25.7 Å². The van der Waals surface area contributed by atoms with Crippen LogP contribution in [0.4, 0.5) is 0 Å². The van der Waals surface area contributed by atoms with Crippen LogP contribution in [0, 0.1) is 0 Å². The Labute approximate surface area is 84.1 Å². The summed E-state index contributed by atoms with van der Waals surface area (Å²) in [6.07, 6.45) is 4.41. The largest absolute Gasteiger partial charge is 0.328 e. The fourth-order valence-electron chi connectivity index (χ4n) is 1.44. The van der Waals surface area contributed by atoms with Crippen LogP contribution in [0.1, 0.15) is 32.6 Å². The summed E-state index contributed by atoms with van der Waals surface area (Å²) in [5, 5.41) is 0.790. The van der Waals surface area contributed by atoms with Crippen LogP contribution in [-0.2, 0) is 4.79 Å². The van der Waals surface area contributed by atoms with Gasteiger partial charge in [0.25, 0.3) is 0 Å². The minimum absolute atomic E-state index is 0. The molecule has 72 valence electrons. The van der Waals surface area contributed by atoms with Crippen LogP contribution >= 0.6 is 24.2 Å². The number of thioether (sulfide) groups is 1. The zero-order valence-electron chi connectivity index (χ0n) is 7.29. The third kappa shape index (κ3) is 4.33. The Morgan fingerprint density at radius 2 is 1.83 bits per heavy atom. The van der Waals surface area contributed by atoms with E-state index in [-0.39, 0.29) is 17.5 Å². The molecule has 2 nitrogen and oxygen atoms in total. The molecule has 0 aliphatic heterocycles. The normalized spacial score (nSPS) is 29.2. The number of carbonyl (C=O) groups excluding carboxylic acids is 1. The van der Waals surface area contributed by atoms with Gasteiger partial charge in [0, 0.05) is 18.2 Å². The molecule has 0 radical (unpaired) electrons. The van der Waals surface area contributed by atoms with Crippen molar-refractivity contribution in [2.24, 2.45) is 5.73 Å². The molecule has 2 N–H and O–H groups in total. The molecule has 0 bridgehead atoms. The fraction of sp³-hybridized carbons (Fsp3) is 0.875. The summed E-state index contributed by atoms with van der Waals surface area (Å²) in [6, 6.07) is 0.388. The average molecular weight is 210 g/mol. The van der Waals surface area contributed by atoms with Gasteiger partial charge in [-0.1, -0.05) is 11.8 Å². The minimum Gasteiger partial charge on any atom is -0.328 e. The Morgan fingerprint density at radius 3 is 2.25 bits per heavy atom. The first-order chi connectivity index (χ1) is 5.18. The van der Waals surface area contributed by atoms with Gasteiger partial charge in [0.1, 0.15) is 0 Å². The van der Waals surface area contributed by atoms with Crippen molar-refractivity contribution in [3.63, 3.8) is 0 Å². The second-order valence-corrected chi connectivity index (χ2v) is 4.62. The van der Waals surface area contributed by atoms with Crippen LogP contribution in [0.3, 0.4) is 0 Å². The smallest absolute Gasteiger partial charge is 0.186 e. The molecular formula is C8H16ClNOS. The molecule has 1 rings (SSSR count). The van der Waals surface area contributed by atoms with Gasteiger partial charge < -0.3 is 5.73 Å². The Kier molecular flexibility index (Phi) is 5.97. The van der Waals surface area contributed by atoms with E-state index in [1.807, 2.05) is 0 Å². The van der Waals surface area contributed by atoms with Crippen molar-refractivity contribution in [1.29, 1.82) is 0 Å². The lowest BCUT2D eigenvalue weighted by atomic mass is 9.96. The number of hydrogen-bond acceptors (Lipinski definition) is 3. The summed E-state index contributed by atoms with van der Waals surface area (Å²) in [6.45, 7) is 1.64. The molecule has 0 atom stereocenters. The van der Waals surface area contributed by atoms with Crippen LogP contribution in [-0.4, -0.2) is 16.4 Å². The van der Waals surface area contributed by atoms with E-state index in [4.69, 9.17) is 5.73 Å². The highest BCUT2D eigenvalue weighted by atomic mass is 35.5. The molecule has 0 aromatic carbocycles. The predicted octanol–water partition coefficient (Wildman–Crippen LogP) is 1.96.